The topological polar surface area (TPSA) is 54.7 Å². The predicted octanol–water partition coefficient (Wildman–Crippen LogP) is 3.16. The number of halogens is 2. The van der Waals surface area contributed by atoms with E-state index in [0.717, 1.165) is 23.0 Å². The Bertz CT molecular complexity index is 477. The number of hydrogen-bond donors (Lipinski definition) is 2. The number of hydrogen-bond acceptors (Lipinski definition) is 2. The fourth-order valence-corrected chi connectivity index (χ4v) is 1.51. The van der Waals surface area contributed by atoms with Crippen LogP contribution in [0.15, 0.2) is 30.3 Å². The minimum atomic E-state index is 0. The molecule has 3 N–H and O–H groups in total. The van der Waals surface area contributed by atoms with Gasteiger partial charge in [0.2, 0.25) is 0 Å². The van der Waals surface area contributed by atoms with Gasteiger partial charge in [-0.2, -0.15) is 5.10 Å². The summed E-state index contributed by atoms with van der Waals surface area (Å²) in [6, 6.07) is 8.26. The van der Waals surface area contributed by atoms with Gasteiger partial charge in [-0.15, -0.1) is 24.8 Å². The van der Waals surface area contributed by atoms with Crippen LogP contribution in [-0.2, 0) is 0 Å². The fraction of sp³-hybridized carbons (Fsp3) is 0.250. The quantitative estimate of drug-likeness (QED) is 0.903. The second-order valence-electron chi connectivity index (χ2n) is 3.77. The molecule has 1 aromatic heterocycles. The lowest BCUT2D eigenvalue weighted by Crippen LogP contribution is -2.12. The Hall–Kier alpha value is -1.03. The van der Waals surface area contributed by atoms with Crippen LogP contribution in [0.1, 0.15) is 19.0 Å². The van der Waals surface area contributed by atoms with Crippen LogP contribution in [0.2, 0.25) is 0 Å². The third-order valence-corrected chi connectivity index (χ3v) is 2.28. The Balaban J connectivity index is 0.00000128. The summed E-state index contributed by atoms with van der Waals surface area (Å²) in [5.74, 6) is 0. The van der Waals surface area contributed by atoms with Gasteiger partial charge in [0.15, 0.2) is 0 Å². The van der Waals surface area contributed by atoms with Crippen molar-refractivity contribution < 1.29 is 0 Å². The van der Waals surface area contributed by atoms with Gasteiger partial charge >= 0.3 is 0 Å². The van der Waals surface area contributed by atoms with Gasteiger partial charge < -0.3 is 5.73 Å². The zero-order chi connectivity index (χ0) is 10.7. The molecule has 0 radical (unpaired) electrons. The van der Waals surface area contributed by atoms with E-state index < -0.39 is 0 Å². The van der Waals surface area contributed by atoms with Crippen LogP contribution in [0.25, 0.3) is 17.0 Å². The fourth-order valence-electron chi connectivity index (χ4n) is 1.51. The number of benzene rings is 1. The van der Waals surface area contributed by atoms with Crippen LogP contribution < -0.4 is 5.73 Å². The van der Waals surface area contributed by atoms with E-state index in [1.54, 1.807) is 0 Å². The summed E-state index contributed by atoms with van der Waals surface area (Å²) < 4.78 is 0. The minimum Gasteiger partial charge on any atom is -0.328 e. The van der Waals surface area contributed by atoms with Crippen molar-refractivity contribution in [2.45, 2.75) is 19.4 Å². The molecule has 5 heteroatoms. The van der Waals surface area contributed by atoms with Crippen LogP contribution in [0.5, 0.6) is 0 Å². The van der Waals surface area contributed by atoms with Crippen LogP contribution in [0, 0.1) is 0 Å². The molecule has 0 aliphatic heterocycles. The molecule has 94 valence electrons. The smallest absolute Gasteiger partial charge is 0.0927 e. The number of nitrogens with one attached hydrogen (secondary N) is 1. The summed E-state index contributed by atoms with van der Waals surface area (Å²) in [5, 5.41) is 8.37. The summed E-state index contributed by atoms with van der Waals surface area (Å²) in [7, 11) is 0. The highest BCUT2D eigenvalue weighted by atomic mass is 35.5. The number of nitrogens with two attached hydrogens (primary N) is 1. The van der Waals surface area contributed by atoms with Gasteiger partial charge in [-0.05, 0) is 25.5 Å². The molecule has 0 bridgehead atoms. The Morgan fingerprint density at radius 2 is 2.06 bits per heavy atom. The number of H-pyrrole nitrogens is 1. The van der Waals surface area contributed by atoms with Gasteiger partial charge in [0.05, 0.1) is 11.2 Å². The van der Waals surface area contributed by atoms with Gasteiger partial charge in [0.1, 0.15) is 0 Å². The SMILES string of the molecule is C[C@H](N)C/C=C/c1[nH]nc2ccccc12.Cl.Cl. The van der Waals surface area contributed by atoms with E-state index in [-0.39, 0.29) is 30.9 Å². The maximum absolute atomic E-state index is 5.67. The second-order valence-corrected chi connectivity index (χ2v) is 3.77. The van der Waals surface area contributed by atoms with E-state index in [1.807, 2.05) is 31.2 Å². The molecule has 1 atom stereocenters. The van der Waals surface area contributed by atoms with Crippen molar-refractivity contribution >= 4 is 41.8 Å². The van der Waals surface area contributed by atoms with Gasteiger partial charge in [-0.1, -0.05) is 24.3 Å². The highest BCUT2D eigenvalue weighted by Crippen LogP contribution is 2.16. The summed E-state index contributed by atoms with van der Waals surface area (Å²) in [6.07, 6.45) is 5.00. The van der Waals surface area contributed by atoms with Crippen LogP contribution in [0.4, 0.5) is 0 Å². The monoisotopic (exact) mass is 273 g/mol. The lowest BCUT2D eigenvalue weighted by atomic mass is 10.2. The third kappa shape index (κ3) is 4.04. The summed E-state index contributed by atoms with van der Waals surface area (Å²) >= 11 is 0. The van der Waals surface area contributed by atoms with Crippen molar-refractivity contribution in [1.29, 1.82) is 0 Å². The normalized spacial score (nSPS) is 12.1. The summed E-state index contributed by atoms with van der Waals surface area (Å²) in [5.41, 5.74) is 7.71. The van der Waals surface area contributed by atoms with E-state index in [9.17, 15) is 0 Å². The van der Waals surface area contributed by atoms with Crippen molar-refractivity contribution in [1.82, 2.24) is 10.2 Å². The largest absolute Gasteiger partial charge is 0.328 e. The Labute approximate surface area is 113 Å². The maximum Gasteiger partial charge on any atom is 0.0927 e. The number of fused-ring (bicyclic) bond motifs is 1. The van der Waals surface area contributed by atoms with Crippen LogP contribution in [0.3, 0.4) is 0 Å². The van der Waals surface area contributed by atoms with Crippen molar-refractivity contribution in [2.24, 2.45) is 5.73 Å². The van der Waals surface area contributed by atoms with Gasteiger partial charge in [-0.25, -0.2) is 0 Å². The summed E-state index contributed by atoms with van der Waals surface area (Å²) in [4.78, 5) is 0. The molecule has 3 nitrogen and oxygen atoms in total. The van der Waals surface area contributed by atoms with Crippen LogP contribution >= 0.6 is 24.8 Å². The number of aromatic amines is 1. The molecule has 0 spiro atoms. The highest BCUT2D eigenvalue weighted by Gasteiger charge is 1.99. The lowest BCUT2D eigenvalue weighted by molar-refractivity contribution is 0.759. The van der Waals surface area contributed by atoms with E-state index >= 15 is 0 Å². The molecular formula is C12H17Cl2N3. The van der Waals surface area contributed by atoms with E-state index in [0.29, 0.717) is 0 Å². The molecule has 0 saturated heterocycles. The molecule has 2 rings (SSSR count). The molecule has 1 aromatic carbocycles. The number of nitrogens with zero attached hydrogens (tertiary/aromatic N) is 1. The van der Waals surface area contributed by atoms with Gasteiger partial charge in [0.25, 0.3) is 0 Å². The first-order chi connectivity index (χ1) is 7.27. The van der Waals surface area contributed by atoms with Crippen molar-refractivity contribution in [3.8, 4) is 0 Å². The van der Waals surface area contributed by atoms with Crippen molar-refractivity contribution in [3.63, 3.8) is 0 Å². The molecule has 0 amide bonds. The molecule has 17 heavy (non-hydrogen) atoms. The predicted molar refractivity (Wildman–Crippen MR) is 77.9 cm³/mol. The molecule has 0 aliphatic rings. The first-order valence-corrected chi connectivity index (χ1v) is 5.12. The average molecular weight is 274 g/mol. The molecule has 0 unspecified atom stereocenters. The molecule has 1 heterocycles. The average Bonchev–Trinajstić information content (AvgIpc) is 2.62. The first-order valence-electron chi connectivity index (χ1n) is 5.12. The van der Waals surface area contributed by atoms with E-state index in [1.165, 1.54) is 0 Å². The van der Waals surface area contributed by atoms with Crippen molar-refractivity contribution in [3.05, 3.63) is 36.0 Å². The second kappa shape index (κ2) is 7.33. The van der Waals surface area contributed by atoms with E-state index in [2.05, 4.69) is 22.3 Å². The van der Waals surface area contributed by atoms with E-state index in [4.69, 9.17) is 5.73 Å². The van der Waals surface area contributed by atoms with Gasteiger partial charge in [0, 0.05) is 11.4 Å². The van der Waals surface area contributed by atoms with Crippen molar-refractivity contribution in [2.75, 3.05) is 0 Å². The maximum atomic E-state index is 5.67. The number of para-hydroxylation sites is 1. The zero-order valence-corrected chi connectivity index (χ0v) is 11.2. The standard InChI is InChI=1S/C12H15N3.2ClH/c1-9(13)5-4-8-12-10-6-2-3-7-11(10)14-15-12;;/h2-4,6-9H,5,13H2,1H3,(H,14,15);2*1H/b8-4+;;/t9-;;/m0../s1. The zero-order valence-electron chi connectivity index (χ0n) is 9.59. The molecule has 0 saturated carbocycles. The Kier molecular flexibility index (Phi) is 6.88. The third-order valence-electron chi connectivity index (χ3n) is 2.28. The first kappa shape index (κ1) is 16.0. The Morgan fingerprint density at radius 1 is 1.35 bits per heavy atom. The minimum absolute atomic E-state index is 0. The Morgan fingerprint density at radius 3 is 2.76 bits per heavy atom. The molecule has 0 aliphatic carbocycles. The molecular weight excluding hydrogens is 257 g/mol. The van der Waals surface area contributed by atoms with Crippen LogP contribution in [-0.4, -0.2) is 16.2 Å². The lowest BCUT2D eigenvalue weighted by Gasteiger charge is -1.96. The number of rotatable bonds is 3. The molecule has 0 fully saturated rings. The molecule has 2 aromatic rings. The summed E-state index contributed by atoms with van der Waals surface area (Å²) in [6.45, 7) is 2.00. The number of aromatic nitrogens is 2. The highest BCUT2D eigenvalue weighted by molar-refractivity contribution is 5.86. The van der Waals surface area contributed by atoms with Gasteiger partial charge in [-0.3, -0.25) is 5.10 Å².